The molecule has 0 aliphatic carbocycles. The van der Waals surface area contributed by atoms with Crippen LogP contribution in [-0.2, 0) is 19.2 Å². The number of carboxylic acids is 2. The number of aliphatic hydroxyl groups excluding tert-OH is 1. The van der Waals surface area contributed by atoms with Crippen LogP contribution in [0.3, 0.4) is 0 Å². The Balaban J connectivity index is 2.68. The summed E-state index contributed by atoms with van der Waals surface area (Å²) in [6, 6.07) is -3.20. The van der Waals surface area contributed by atoms with Crippen molar-refractivity contribution in [3.63, 3.8) is 0 Å². The molecule has 0 unspecified atom stereocenters. The van der Waals surface area contributed by atoms with Crippen LogP contribution in [0.1, 0.15) is 32.6 Å². The summed E-state index contributed by atoms with van der Waals surface area (Å²) in [7, 11) is 0. The minimum Gasteiger partial charge on any atom is -0.481 e. The van der Waals surface area contributed by atoms with Crippen LogP contribution in [0.4, 0.5) is 0 Å². The van der Waals surface area contributed by atoms with E-state index in [4.69, 9.17) is 10.2 Å². The van der Waals surface area contributed by atoms with Crippen molar-refractivity contribution in [3.8, 4) is 0 Å². The van der Waals surface area contributed by atoms with Gasteiger partial charge in [-0.1, -0.05) is 0 Å². The van der Waals surface area contributed by atoms with Gasteiger partial charge in [0.1, 0.15) is 12.1 Å². The molecule has 10 heteroatoms. The number of carboxylic acid groups (broad SMARTS) is 2. The highest BCUT2D eigenvalue weighted by Gasteiger charge is 2.32. The lowest BCUT2D eigenvalue weighted by Crippen LogP contribution is -2.58. The van der Waals surface area contributed by atoms with Gasteiger partial charge in [-0.2, -0.15) is 0 Å². The fourth-order valence-corrected chi connectivity index (χ4v) is 2.35. The molecule has 10 nitrogen and oxygen atoms in total. The topological polar surface area (TPSA) is 165 Å². The summed E-state index contributed by atoms with van der Waals surface area (Å²) < 4.78 is 0. The second kappa shape index (κ2) is 9.18. The lowest BCUT2D eigenvalue weighted by Gasteiger charge is -2.24. The number of aliphatic carboxylic acids is 2. The molecule has 1 saturated heterocycles. The summed E-state index contributed by atoms with van der Waals surface area (Å²) in [4.78, 5) is 45.9. The molecule has 136 valence electrons. The first-order valence-corrected chi connectivity index (χ1v) is 7.69. The predicted octanol–water partition coefficient (Wildman–Crippen LogP) is -1.96. The molecule has 0 aromatic carbocycles. The maximum absolute atomic E-state index is 12.2. The van der Waals surface area contributed by atoms with E-state index >= 15 is 0 Å². The number of nitrogens with one attached hydrogen (secondary N) is 3. The van der Waals surface area contributed by atoms with Crippen molar-refractivity contribution < 1.29 is 34.5 Å². The molecular weight excluding hydrogens is 322 g/mol. The SMILES string of the molecule is C[C@@H](O)[C@H](NC(=O)[C@@H]1CCCN1)C(=O)N[C@@H](CCC(=O)O)C(=O)O. The van der Waals surface area contributed by atoms with Crippen LogP contribution in [0, 0.1) is 0 Å². The number of carbonyl (C=O) groups excluding carboxylic acids is 2. The van der Waals surface area contributed by atoms with E-state index in [-0.39, 0.29) is 6.42 Å². The van der Waals surface area contributed by atoms with Gasteiger partial charge in [-0.25, -0.2) is 4.79 Å². The largest absolute Gasteiger partial charge is 0.481 e. The molecule has 0 radical (unpaired) electrons. The monoisotopic (exact) mass is 345 g/mol. The van der Waals surface area contributed by atoms with Crippen molar-refractivity contribution in [2.24, 2.45) is 0 Å². The molecule has 6 N–H and O–H groups in total. The normalized spacial score (nSPS) is 20.7. The number of amides is 2. The molecule has 0 spiro atoms. The summed E-state index contributed by atoms with van der Waals surface area (Å²) in [5, 5.41) is 34.8. The summed E-state index contributed by atoms with van der Waals surface area (Å²) in [5.41, 5.74) is 0. The first-order valence-electron chi connectivity index (χ1n) is 7.69. The molecule has 4 atom stereocenters. The minimum atomic E-state index is -1.42. The van der Waals surface area contributed by atoms with Crippen LogP contribution in [0.15, 0.2) is 0 Å². The van der Waals surface area contributed by atoms with Gasteiger partial charge in [0.05, 0.1) is 12.1 Å². The van der Waals surface area contributed by atoms with Crippen molar-refractivity contribution in [1.29, 1.82) is 0 Å². The Labute approximate surface area is 138 Å². The van der Waals surface area contributed by atoms with Gasteiger partial charge < -0.3 is 31.3 Å². The highest BCUT2D eigenvalue weighted by Crippen LogP contribution is 2.06. The average Bonchev–Trinajstić information content (AvgIpc) is 3.02. The van der Waals surface area contributed by atoms with Gasteiger partial charge in [-0.05, 0) is 32.7 Å². The fraction of sp³-hybridized carbons (Fsp3) is 0.714. The first-order chi connectivity index (χ1) is 11.2. The van der Waals surface area contributed by atoms with Crippen molar-refractivity contribution in [2.75, 3.05) is 6.54 Å². The number of carbonyl (C=O) groups is 4. The second-order valence-electron chi connectivity index (χ2n) is 5.71. The molecule has 1 aliphatic rings. The highest BCUT2D eigenvalue weighted by atomic mass is 16.4. The number of hydrogen-bond donors (Lipinski definition) is 6. The van der Waals surface area contributed by atoms with Crippen LogP contribution in [0.5, 0.6) is 0 Å². The van der Waals surface area contributed by atoms with Crippen molar-refractivity contribution >= 4 is 23.8 Å². The van der Waals surface area contributed by atoms with E-state index in [0.29, 0.717) is 13.0 Å². The second-order valence-corrected chi connectivity index (χ2v) is 5.71. The Morgan fingerprint density at radius 1 is 1.21 bits per heavy atom. The quantitative estimate of drug-likeness (QED) is 0.280. The van der Waals surface area contributed by atoms with Crippen LogP contribution in [-0.4, -0.2) is 69.8 Å². The predicted molar refractivity (Wildman–Crippen MR) is 81.1 cm³/mol. The summed E-state index contributed by atoms with van der Waals surface area (Å²) >= 11 is 0. The summed E-state index contributed by atoms with van der Waals surface area (Å²) in [6.07, 6.45) is -0.559. The number of rotatable bonds is 9. The van der Waals surface area contributed by atoms with Gasteiger partial charge in [0, 0.05) is 6.42 Å². The van der Waals surface area contributed by atoms with E-state index in [9.17, 15) is 24.3 Å². The first kappa shape index (κ1) is 19.8. The molecule has 24 heavy (non-hydrogen) atoms. The standard InChI is InChI=1S/C14H23N3O7/c1-7(18)11(17-12(21)8-3-2-6-15-8)13(22)16-9(14(23)24)4-5-10(19)20/h7-9,11,15,18H,2-6H2,1H3,(H,16,22)(H,17,21)(H,19,20)(H,23,24)/t7-,8+,9+,11+/m1/s1. The van der Waals surface area contributed by atoms with E-state index in [0.717, 1.165) is 6.42 Å². The maximum Gasteiger partial charge on any atom is 0.326 e. The smallest absolute Gasteiger partial charge is 0.326 e. The van der Waals surface area contributed by atoms with Gasteiger partial charge in [0.25, 0.3) is 0 Å². The van der Waals surface area contributed by atoms with Crippen molar-refractivity contribution in [3.05, 3.63) is 0 Å². The van der Waals surface area contributed by atoms with Crippen LogP contribution in [0.2, 0.25) is 0 Å². The Morgan fingerprint density at radius 2 is 1.88 bits per heavy atom. The third-order valence-corrected chi connectivity index (χ3v) is 3.70. The fourth-order valence-electron chi connectivity index (χ4n) is 2.35. The van der Waals surface area contributed by atoms with E-state index in [1.165, 1.54) is 6.92 Å². The number of hydrogen-bond acceptors (Lipinski definition) is 6. The summed E-state index contributed by atoms with van der Waals surface area (Å²) in [6.45, 7) is 1.97. The Bertz CT molecular complexity index is 489. The molecule has 0 aromatic rings. The number of aliphatic hydroxyl groups is 1. The zero-order valence-corrected chi connectivity index (χ0v) is 13.3. The molecule has 0 bridgehead atoms. The lowest BCUT2D eigenvalue weighted by molar-refractivity contribution is -0.144. The Hall–Kier alpha value is -2.20. The molecule has 1 rings (SSSR count). The third kappa shape index (κ3) is 6.13. The lowest BCUT2D eigenvalue weighted by atomic mass is 10.1. The van der Waals surface area contributed by atoms with Gasteiger partial charge >= 0.3 is 11.9 Å². The van der Waals surface area contributed by atoms with Crippen LogP contribution in [0.25, 0.3) is 0 Å². The van der Waals surface area contributed by atoms with Crippen LogP contribution < -0.4 is 16.0 Å². The zero-order valence-electron chi connectivity index (χ0n) is 13.3. The molecule has 1 aliphatic heterocycles. The molecule has 1 fully saturated rings. The average molecular weight is 345 g/mol. The van der Waals surface area contributed by atoms with Gasteiger partial charge in [0.15, 0.2) is 0 Å². The van der Waals surface area contributed by atoms with E-state index in [2.05, 4.69) is 16.0 Å². The highest BCUT2D eigenvalue weighted by molar-refractivity contribution is 5.92. The maximum atomic E-state index is 12.2. The third-order valence-electron chi connectivity index (χ3n) is 3.70. The van der Waals surface area contributed by atoms with E-state index in [1.807, 2.05) is 0 Å². The van der Waals surface area contributed by atoms with E-state index < -0.39 is 54.4 Å². The van der Waals surface area contributed by atoms with Crippen LogP contribution >= 0.6 is 0 Å². The Kier molecular flexibility index (Phi) is 7.59. The van der Waals surface area contributed by atoms with Gasteiger partial charge in [0.2, 0.25) is 11.8 Å². The molecule has 1 heterocycles. The Morgan fingerprint density at radius 3 is 2.33 bits per heavy atom. The van der Waals surface area contributed by atoms with E-state index in [1.54, 1.807) is 0 Å². The van der Waals surface area contributed by atoms with Gasteiger partial charge in [-0.3, -0.25) is 14.4 Å². The molecule has 0 saturated carbocycles. The molecule has 2 amide bonds. The van der Waals surface area contributed by atoms with Gasteiger partial charge in [-0.15, -0.1) is 0 Å². The van der Waals surface area contributed by atoms with Crippen molar-refractivity contribution in [2.45, 2.75) is 56.8 Å². The molecular formula is C14H23N3O7. The minimum absolute atomic E-state index is 0.305. The van der Waals surface area contributed by atoms with Crippen molar-refractivity contribution in [1.82, 2.24) is 16.0 Å². The zero-order chi connectivity index (χ0) is 18.3. The molecule has 0 aromatic heterocycles. The summed E-state index contributed by atoms with van der Waals surface area (Å²) in [5.74, 6) is -3.92.